The maximum atomic E-state index is 13.2. The summed E-state index contributed by atoms with van der Waals surface area (Å²) in [4.78, 5) is 13.2. The molecule has 0 aliphatic carbocycles. The lowest BCUT2D eigenvalue weighted by atomic mass is 9.73. The van der Waals surface area contributed by atoms with E-state index >= 15 is 0 Å². The third-order valence-electron chi connectivity index (χ3n) is 4.67. The van der Waals surface area contributed by atoms with Gasteiger partial charge in [-0.3, -0.25) is 4.79 Å². The first-order valence-electron chi connectivity index (χ1n) is 8.73. The van der Waals surface area contributed by atoms with Gasteiger partial charge in [0.15, 0.2) is 6.61 Å². The number of alkyl halides is 3. The molecular formula is C20H19ClF3NO3. The second-order valence-electron chi connectivity index (χ2n) is 6.59. The van der Waals surface area contributed by atoms with E-state index in [0.29, 0.717) is 36.8 Å². The summed E-state index contributed by atoms with van der Waals surface area (Å²) >= 11 is 6.11. The van der Waals surface area contributed by atoms with Crippen LogP contribution in [0.2, 0.25) is 5.02 Å². The molecule has 2 aromatic carbocycles. The maximum absolute atomic E-state index is 13.2. The van der Waals surface area contributed by atoms with Crippen LogP contribution in [0.4, 0.5) is 18.9 Å². The molecule has 8 heteroatoms. The third kappa shape index (κ3) is 4.97. The van der Waals surface area contributed by atoms with Crippen molar-refractivity contribution in [3.8, 4) is 5.75 Å². The lowest BCUT2D eigenvalue weighted by molar-refractivity contribution is -0.153. The number of amides is 1. The van der Waals surface area contributed by atoms with Crippen LogP contribution in [0.1, 0.15) is 18.4 Å². The van der Waals surface area contributed by atoms with Gasteiger partial charge in [-0.15, -0.1) is 0 Å². The summed E-state index contributed by atoms with van der Waals surface area (Å²) in [6.45, 7) is -0.467. The summed E-state index contributed by atoms with van der Waals surface area (Å²) in [5, 5.41) is 3.40. The van der Waals surface area contributed by atoms with Crippen molar-refractivity contribution >= 4 is 23.2 Å². The number of ether oxygens (including phenoxy) is 2. The minimum atomic E-state index is -4.40. The highest BCUT2D eigenvalue weighted by Crippen LogP contribution is 2.37. The van der Waals surface area contributed by atoms with Gasteiger partial charge in [0.2, 0.25) is 5.91 Å². The molecule has 1 aliphatic heterocycles. The second kappa shape index (κ2) is 8.41. The molecule has 2 aromatic rings. The predicted molar refractivity (Wildman–Crippen MR) is 99.8 cm³/mol. The van der Waals surface area contributed by atoms with Gasteiger partial charge in [-0.05, 0) is 54.8 Å². The van der Waals surface area contributed by atoms with Crippen molar-refractivity contribution < 1.29 is 27.4 Å². The van der Waals surface area contributed by atoms with E-state index in [-0.39, 0.29) is 11.7 Å². The van der Waals surface area contributed by atoms with E-state index in [9.17, 15) is 18.0 Å². The Kier molecular flexibility index (Phi) is 6.15. The Bertz CT molecular complexity index is 818. The van der Waals surface area contributed by atoms with Crippen LogP contribution in [0, 0.1) is 0 Å². The monoisotopic (exact) mass is 413 g/mol. The van der Waals surface area contributed by atoms with Crippen LogP contribution in [-0.2, 0) is 14.9 Å². The molecule has 1 amide bonds. The average molecular weight is 414 g/mol. The third-order valence-corrected chi connectivity index (χ3v) is 4.91. The number of rotatable bonds is 5. The van der Waals surface area contributed by atoms with Gasteiger partial charge in [0.05, 0.1) is 5.41 Å². The average Bonchev–Trinajstić information content (AvgIpc) is 2.67. The molecule has 4 nitrogen and oxygen atoms in total. The number of nitrogens with one attached hydrogen (secondary N) is 1. The van der Waals surface area contributed by atoms with Crippen molar-refractivity contribution in [3.05, 3.63) is 59.1 Å². The maximum Gasteiger partial charge on any atom is 0.422 e. The Morgan fingerprint density at radius 1 is 1.14 bits per heavy atom. The number of hydrogen-bond acceptors (Lipinski definition) is 3. The molecule has 0 unspecified atom stereocenters. The quantitative estimate of drug-likeness (QED) is 0.753. The molecule has 1 fully saturated rings. The van der Waals surface area contributed by atoms with Crippen molar-refractivity contribution in [2.75, 3.05) is 25.1 Å². The molecular weight excluding hydrogens is 395 g/mol. The highest BCUT2D eigenvalue weighted by Gasteiger charge is 2.41. The van der Waals surface area contributed by atoms with Crippen LogP contribution in [0.15, 0.2) is 48.5 Å². The topological polar surface area (TPSA) is 47.6 Å². The van der Waals surface area contributed by atoms with Gasteiger partial charge >= 0.3 is 6.18 Å². The van der Waals surface area contributed by atoms with Gasteiger partial charge in [-0.2, -0.15) is 13.2 Å². The number of carbonyl (C=O) groups is 1. The molecule has 1 aliphatic rings. The zero-order valence-corrected chi connectivity index (χ0v) is 15.6. The SMILES string of the molecule is O=C(Nc1ccc(OCC(F)(F)F)cc1)C1(c2cccc(Cl)c2)CCOCC1. The summed E-state index contributed by atoms with van der Waals surface area (Å²) < 4.78 is 46.8. The van der Waals surface area contributed by atoms with Crippen molar-refractivity contribution in [1.82, 2.24) is 0 Å². The smallest absolute Gasteiger partial charge is 0.422 e. The van der Waals surface area contributed by atoms with Crippen molar-refractivity contribution in [2.24, 2.45) is 0 Å². The van der Waals surface area contributed by atoms with Crippen molar-refractivity contribution in [2.45, 2.75) is 24.4 Å². The van der Waals surface area contributed by atoms with Crippen LogP contribution >= 0.6 is 11.6 Å². The fourth-order valence-corrected chi connectivity index (χ4v) is 3.39. The van der Waals surface area contributed by atoms with Crippen LogP contribution in [0.5, 0.6) is 5.75 Å². The molecule has 1 saturated heterocycles. The number of halogens is 4. The summed E-state index contributed by atoms with van der Waals surface area (Å²) in [7, 11) is 0. The second-order valence-corrected chi connectivity index (χ2v) is 7.02. The molecule has 3 rings (SSSR count). The fraction of sp³-hybridized carbons (Fsp3) is 0.350. The molecule has 0 atom stereocenters. The molecule has 0 radical (unpaired) electrons. The van der Waals surface area contributed by atoms with E-state index in [1.807, 2.05) is 6.07 Å². The lowest BCUT2D eigenvalue weighted by Crippen LogP contribution is -2.44. The normalized spacial score (nSPS) is 16.4. The van der Waals surface area contributed by atoms with Gasteiger partial charge in [0, 0.05) is 23.9 Å². The van der Waals surface area contributed by atoms with E-state index in [0.717, 1.165) is 5.56 Å². The first-order chi connectivity index (χ1) is 13.3. The van der Waals surface area contributed by atoms with E-state index in [4.69, 9.17) is 16.3 Å². The zero-order chi connectivity index (χ0) is 20.2. The predicted octanol–water partition coefficient (Wildman–Crippen LogP) is 4.97. The van der Waals surface area contributed by atoms with Crippen LogP contribution in [-0.4, -0.2) is 31.9 Å². The summed E-state index contributed by atoms with van der Waals surface area (Å²) in [6.07, 6.45) is -3.39. The molecule has 1 heterocycles. The standard InChI is InChI=1S/C20H19ClF3NO3/c21-15-3-1-2-14(12-15)19(8-10-27-11-9-19)18(26)25-16-4-6-17(7-5-16)28-13-20(22,23)24/h1-7,12H,8-11,13H2,(H,25,26). The molecule has 0 spiro atoms. The fourth-order valence-electron chi connectivity index (χ4n) is 3.20. The van der Waals surface area contributed by atoms with Crippen molar-refractivity contribution in [1.29, 1.82) is 0 Å². The van der Waals surface area contributed by atoms with Crippen LogP contribution in [0.25, 0.3) is 0 Å². The number of benzene rings is 2. The number of anilines is 1. The van der Waals surface area contributed by atoms with Crippen molar-refractivity contribution in [3.63, 3.8) is 0 Å². The Balaban J connectivity index is 1.75. The van der Waals surface area contributed by atoms with E-state index in [1.165, 1.54) is 24.3 Å². The summed E-state index contributed by atoms with van der Waals surface area (Å²) in [6, 6.07) is 13.0. The van der Waals surface area contributed by atoms with E-state index in [2.05, 4.69) is 10.1 Å². The van der Waals surface area contributed by atoms with Gasteiger partial charge in [0.25, 0.3) is 0 Å². The molecule has 28 heavy (non-hydrogen) atoms. The first-order valence-corrected chi connectivity index (χ1v) is 9.11. The largest absolute Gasteiger partial charge is 0.484 e. The number of hydrogen-bond donors (Lipinski definition) is 1. The summed E-state index contributed by atoms with van der Waals surface area (Å²) in [5.74, 6) is -0.132. The van der Waals surface area contributed by atoms with E-state index in [1.54, 1.807) is 18.2 Å². The van der Waals surface area contributed by atoms with Crippen LogP contribution < -0.4 is 10.1 Å². The van der Waals surface area contributed by atoms with Crippen LogP contribution in [0.3, 0.4) is 0 Å². The Labute approximate surface area is 165 Å². The number of carbonyl (C=O) groups excluding carboxylic acids is 1. The molecule has 0 aromatic heterocycles. The minimum Gasteiger partial charge on any atom is -0.484 e. The van der Waals surface area contributed by atoms with E-state index < -0.39 is 18.2 Å². The summed E-state index contributed by atoms with van der Waals surface area (Å²) in [5.41, 5.74) is 0.498. The van der Waals surface area contributed by atoms with Gasteiger partial charge < -0.3 is 14.8 Å². The zero-order valence-electron chi connectivity index (χ0n) is 14.9. The lowest BCUT2D eigenvalue weighted by Gasteiger charge is -2.36. The van der Waals surface area contributed by atoms with Gasteiger partial charge in [0.1, 0.15) is 5.75 Å². The van der Waals surface area contributed by atoms with Gasteiger partial charge in [-0.1, -0.05) is 23.7 Å². The minimum absolute atomic E-state index is 0.0749. The Morgan fingerprint density at radius 2 is 1.82 bits per heavy atom. The molecule has 0 bridgehead atoms. The highest BCUT2D eigenvalue weighted by atomic mass is 35.5. The molecule has 1 N–H and O–H groups in total. The highest BCUT2D eigenvalue weighted by molar-refractivity contribution is 6.30. The molecule has 0 saturated carbocycles. The first kappa shape index (κ1) is 20.5. The molecule has 150 valence electrons. The Hall–Kier alpha value is -2.25. The van der Waals surface area contributed by atoms with Gasteiger partial charge in [-0.25, -0.2) is 0 Å². The Morgan fingerprint density at radius 3 is 2.43 bits per heavy atom.